The van der Waals surface area contributed by atoms with Crippen LogP contribution < -0.4 is 10.5 Å². The molecule has 0 aliphatic heterocycles. The summed E-state index contributed by atoms with van der Waals surface area (Å²) in [4.78, 5) is 3.83. The fourth-order valence-corrected chi connectivity index (χ4v) is 5.69. The van der Waals surface area contributed by atoms with Gasteiger partial charge in [-0.15, -0.1) is 0 Å². The van der Waals surface area contributed by atoms with Gasteiger partial charge in [0.15, 0.2) is 9.84 Å². The van der Waals surface area contributed by atoms with Gasteiger partial charge in [0.05, 0.1) is 10.4 Å². The first-order chi connectivity index (χ1) is 18.4. The number of benzene rings is 3. The van der Waals surface area contributed by atoms with E-state index < -0.39 is 36.4 Å². The third-order valence-electron chi connectivity index (χ3n) is 5.79. The van der Waals surface area contributed by atoms with Crippen molar-refractivity contribution in [3.63, 3.8) is 0 Å². The van der Waals surface area contributed by atoms with E-state index in [1.165, 1.54) is 24.4 Å². The van der Waals surface area contributed by atoms with Crippen LogP contribution in [-0.2, 0) is 19.9 Å². The minimum Gasteiger partial charge on any atom is -0.404 e. The largest absolute Gasteiger partial charge is 0.404 e. The van der Waals surface area contributed by atoms with Crippen molar-refractivity contribution in [2.75, 3.05) is 6.26 Å². The summed E-state index contributed by atoms with van der Waals surface area (Å²) < 4.78 is 79.3. The van der Waals surface area contributed by atoms with E-state index in [0.29, 0.717) is 33.7 Å². The fraction of sp³-hybridized carbons (Fsp3) is 0.0357. The predicted octanol–water partition coefficient (Wildman–Crippen LogP) is 4.93. The number of nitrogens with zero attached hydrogens (tertiary/aromatic N) is 1. The summed E-state index contributed by atoms with van der Waals surface area (Å²) in [6.45, 7) is 3.61. The summed E-state index contributed by atoms with van der Waals surface area (Å²) in [5.41, 5.74) is 8.88. The Bertz CT molecular complexity index is 1880. The Morgan fingerprint density at radius 2 is 1.77 bits per heavy atom. The van der Waals surface area contributed by atoms with Crippen molar-refractivity contribution in [2.24, 2.45) is 5.73 Å². The normalized spacial score (nSPS) is 12.9. The molecule has 1 aromatic heterocycles. The Hall–Kier alpha value is -4.35. The zero-order valence-corrected chi connectivity index (χ0v) is 22.2. The first-order valence-electron chi connectivity index (χ1n) is 11.4. The van der Waals surface area contributed by atoms with Crippen LogP contribution in [0.5, 0.6) is 0 Å². The highest BCUT2D eigenvalue weighted by Gasteiger charge is 2.20. The fourth-order valence-electron chi connectivity index (χ4n) is 3.90. The number of fused-ring (bicyclic) bond motifs is 1. The maximum atomic E-state index is 14.1. The first-order valence-corrected chi connectivity index (χ1v) is 14.7. The molecule has 7 nitrogen and oxygen atoms in total. The van der Waals surface area contributed by atoms with Gasteiger partial charge in [-0.2, -0.15) is 0 Å². The molecule has 4 rings (SSSR count). The lowest BCUT2D eigenvalue weighted by atomic mass is 9.97. The number of nitrogens with two attached hydrogens (primary N) is 1. The van der Waals surface area contributed by atoms with Crippen LogP contribution in [0.3, 0.4) is 0 Å². The molecule has 0 spiro atoms. The summed E-state index contributed by atoms with van der Waals surface area (Å²) in [5.74, 6) is -2.15. The summed E-state index contributed by atoms with van der Waals surface area (Å²) in [6, 6.07) is 15.7. The maximum absolute atomic E-state index is 14.1. The highest BCUT2D eigenvalue weighted by atomic mass is 32.2. The minimum atomic E-state index is -4.41. The standard InChI is InChI=1S/C28H23F2N3O4S2/c1-3-22(33-39(36,37)28-10-8-21(29)16-26(28)30)13-20(17-31)18-7-9-27-25(15-18)24(11-12-32-27)19-5-4-6-23(14-19)38(2,34)35/h3-17,33H,1,31H2,2H3/b20-17+,22-13+. The number of allylic oxidation sites excluding steroid dienone is 3. The van der Waals surface area contributed by atoms with Crippen LogP contribution in [0.1, 0.15) is 5.56 Å². The number of hydrogen-bond donors (Lipinski definition) is 2. The van der Waals surface area contributed by atoms with Crippen LogP contribution in [-0.4, -0.2) is 28.1 Å². The topological polar surface area (TPSA) is 119 Å². The molecule has 0 saturated carbocycles. The lowest BCUT2D eigenvalue weighted by Gasteiger charge is -2.12. The number of halogens is 2. The van der Waals surface area contributed by atoms with Crippen LogP contribution in [0.15, 0.2) is 113 Å². The summed E-state index contributed by atoms with van der Waals surface area (Å²) in [6.07, 6.45) is 6.64. The number of pyridine rings is 1. The number of aromatic nitrogens is 1. The van der Waals surface area contributed by atoms with Gasteiger partial charge in [0.1, 0.15) is 16.5 Å². The molecule has 3 N–H and O–H groups in total. The Kier molecular flexibility index (Phi) is 7.66. The van der Waals surface area contributed by atoms with Crippen LogP contribution in [0, 0.1) is 11.6 Å². The maximum Gasteiger partial charge on any atom is 0.264 e. The predicted molar refractivity (Wildman–Crippen MR) is 147 cm³/mol. The molecule has 0 radical (unpaired) electrons. The molecule has 0 atom stereocenters. The number of sulfonamides is 1. The molecule has 0 bridgehead atoms. The van der Waals surface area contributed by atoms with Crippen molar-refractivity contribution in [3.8, 4) is 11.1 Å². The third kappa shape index (κ3) is 6.05. The molecule has 0 saturated heterocycles. The van der Waals surface area contributed by atoms with E-state index in [0.717, 1.165) is 24.0 Å². The monoisotopic (exact) mass is 567 g/mol. The SMILES string of the molecule is C=C/C(=C\C(=C/N)c1ccc2nccc(-c3cccc(S(C)(=O)=O)c3)c2c1)NS(=O)(=O)c1ccc(F)cc1F. The third-order valence-corrected chi connectivity index (χ3v) is 8.32. The molecule has 0 fully saturated rings. The van der Waals surface area contributed by atoms with Crippen molar-refractivity contribution in [1.82, 2.24) is 9.71 Å². The smallest absolute Gasteiger partial charge is 0.264 e. The van der Waals surface area contributed by atoms with Gasteiger partial charge in [0.25, 0.3) is 10.0 Å². The summed E-state index contributed by atoms with van der Waals surface area (Å²) in [7, 11) is -7.83. The van der Waals surface area contributed by atoms with Gasteiger partial charge in [0.2, 0.25) is 0 Å². The zero-order valence-electron chi connectivity index (χ0n) is 20.6. The second kappa shape index (κ2) is 10.8. The second-order valence-electron chi connectivity index (χ2n) is 8.50. The van der Waals surface area contributed by atoms with Gasteiger partial charge in [0, 0.05) is 35.8 Å². The van der Waals surface area contributed by atoms with E-state index in [1.54, 1.807) is 48.7 Å². The summed E-state index contributed by atoms with van der Waals surface area (Å²) >= 11 is 0. The molecule has 4 aromatic rings. The van der Waals surface area contributed by atoms with Crippen molar-refractivity contribution < 1.29 is 25.6 Å². The molecule has 200 valence electrons. The second-order valence-corrected chi connectivity index (χ2v) is 12.2. The number of nitrogens with one attached hydrogen (secondary N) is 1. The molecule has 0 unspecified atom stereocenters. The average Bonchev–Trinajstić information content (AvgIpc) is 2.89. The van der Waals surface area contributed by atoms with Gasteiger partial charge in [-0.05, 0) is 76.9 Å². The van der Waals surface area contributed by atoms with Gasteiger partial charge in [-0.25, -0.2) is 25.6 Å². The van der Waals surface area contributed by atoms with Crippen LogP contribution in [0.2, 0.25) is 0 Å². The number of sulfone groups is 1. The van der Waals surface area contributed by atoms with Crippen molar-refractivity contribution >= 4 is 36.3 Å². The van der Waals surface area contributed by atoms with Gasteiger partial charge in [-0.1, -0.05) is 24.8 Å². The lowest BCUT2D eigenvalue weighted by Crippen LogP contribution is -2.23. The molecule has 0 aliphatic carbocycles. The van der Waals surface area contributed by atoms with E-state index in [9.17, 15) is 25.6 Å². The summed E-state index contributed by atoms with van der Waals surface area (Å²) in [5, 5.41) is 0.697. The Labute approximate surface area is 225 Å². The number of rotatable bonds is 8. The quantitative estimate of drug-likeness (QED) is 0.292. The van der Waals surface area contributed by atoms with E-state index in [-0.39, 0.29) is 10.6 Å². The zero-order chi connectivity index (χ0) is 28.4. The van der Waals surface area contributed by atoms with Gasteiger partial charge in [-0.3, -0.25) is 9.71 Å². The highest BCUT2D eigenvalue weighted by molar-refractivity contribution is 7.90. The lowest BCUT2D eigenvalue weighted by molar-refractivity contribution is 0.546. The van der Waals surface area contributed by atoms with Crippen LogP contribution >= 0.6 is 0 Å². The van der Waals surface area contributed by atoms with E-state index in [2.05, 4.69) is 16.3 Å². The molecule has 11 heteroatoms. The van der Waals surface area contributed by atoms with Crippen molar-refractivity contribution in [1.29, 1.82) is 0 Å². The van der Waals surface area contributed by atoms with Gasteiger partial charge >= 0.3 is 0 Å². The Morgan fingerprint density at radius 1 is 1.00 bits per heavy atom. The average molecular weight is 568 g/mol. The van der Waals surface area contributed by atoms with Crippen LogP contribution in [0.25, 0.3) is 27.6 Å². The first kappa shape index (κ1) is 27.7. The van der Waals surface area contributed by atoms with E-state index in [1.807, 2.05) is 0 Å². The number of hydrogen-bond acceptors (Lipinski definition) is 6. The Morgan fingerprint density at radius 3 is 2.44 bits per heavy atom. The van der Waals surface area contributed by atoms with Crippen LogP contribution in [0.4, 0.5) is 8.78 Å². The molecular weight excluding hydrogens is 544 g/mol. The molecule has 0 amide bonds. The highest BCUT2D eigenvalue weighted by Crippen LogP contribution is 2.31. The minimum absolute atomic E-state index is 0.0113. The molecule has 3 aromatic carbocycles. The van der Waals surface area contributed by atoms with Crippen molar-refractivity contribution in [3.05, 3.63) is 121 Å². The van der Waals surface area contributed by atoms with Crippen molar-refractivity contribution in [2.45, 2.75) is 9.79 Å². The molecule has 1 heterocycles. The molecule has 39 heavy (non-hydrogen) atoms. The molecular formula is C28H23F2N3O4S2. The van der Waals surface area contributed by atoms with E-state index >= 15 is 0 Å². The van der Waals surface area contributed by atoms with E-state index in [4.69, 9.17) is 5.73 Å². The Balaban J connectivity index is 1.76. The molecule has 0 aliphatic rings. The van der Waals surface area contributed by atoms with Gasteiger partial charge < -0.3 is 5.73 Å².